The van der Waals surface area contributed by atoms with E-state index in [0.717, 1.165) is 19.4 Å². The van der Waals surface area contributed by atoms with Gasteiger partial charge in [-0.3, -0.25) is 0 Å². The van der Waals surface area contributed by atoms with E-state index in [0.29, 0.717) is 5.92 Å². The summed E-state index contributed by atoms with van der Waals surface area (Å²) in [5.41, 5.74) is 5.52. The Balaban J connectivity index is 0.000000561. The highest BCUT2D eigenvalue weighted by Crippen LogP contribution is 2.44. The smallest absolute Gasteiger partial charge is 0.106 e. The number of hydrogen-bond donors (Lipinski definition) is 0. The summed E-state index contributed by atoms with van der Waals surface area (Å²) in [6.45, 7) is 6.74. The van der Waals surface area contributed by atoms with Crippen molar-refractivity contribution in [2.75, 3.05) is 13.7 Å². The monoisotopic (exact) mass is 296 g/mol. The Morgan fingerprint density at radius 2 is 1.95 bits per heavy atom. The first-order chi connectivity index (χ1) is 10.9. The molecule has 2 nitrogen and oxygen atoms in total. The molecule has 1 aromatic rings. The number of allylic oxidation sites excluding steroid dienone is 3. The molecule has 22 heavy (non-hydrogen) atoms. The molecule has 0 aromatic heterocycles. The van der Waals surface area contributed by atoms with E-state index in [-0.39, 0.29) is 0 Å². The first-order valence-corrected chi connectivity index (χ1v) is 7.64. The van der Waals surface area contributed by atoms with Gasteiger partial charge in [0.2, 0.25) is 0 Å². The molecule has 0 saturated heterocycles. The van der Waals surface area contributed by atoms with Gasteiger partial charge in [0.1, 0.15) is 6.79 Å². The van der Waals surface area contributed by atoms with Gasteiger partial charge in [0, 0.05) is 25.9 Å². The van der Waals surface area contributed by atoms with Crippen LogP contribution in [0, 0.1) is 11.8 Å². The van der Waals surface area contributed by atoms with Crippen molar-refractivity contribution in [3.8, 4) is 11.8 Å². The van der Waals surface area contributed by atoms with E-state index in [4.69, 9.17) is 9.53 Å². The fourth-order valence-corrected chi connectivity index (χ4v) is 2.84. The van der Waals surface area contributed by atoms with Gasteiger partial charge >= 0.3 is 0 Å². The molecule has 1 atom stereocenters. The minimum Gasteiger partial charge on any atom is -0.384 e. The number of methoxy groups -OCH3 is 1. The molecule has 1 aromatic carbocycles. The predicted octanol–water partition coefficient (Wildman–Crippen LogP) is 4.38. The van der Waals surface area contributed by atoms with Crippen molar-refractivity contribution in [3.05, 3.63) is 53.1 Å². The summed E-state index contributed by atoms with van der Waals surface area (Å²) in [6.07, 6.45) is 6.12. The highest BCUT2D eigenvalue weighted by atomic mass is 16.5. The predicted molar refractivity (Wildman–Crippen MR) is 92.6 cm³/mol. The number of benzene rings is 1. The minimum absolute atomic E-state index is 0.373. The first-order valence-electron chi connectivity index (χ1n) is 7.64. The van der Waals surface area contributed by atoms with Crippen LogP contribution < -0.4 is 0 Å². The van der Waals surface area contributed by atoms with Crippen LogP contribution in [0.5, 0.6) is 0 Å². The summed E-state index contributed by atoms with van der Waals surface area (Å²) >= 11 is 0. The molecule has 1 unspecified atom stereocenters. The second-order valence-corrected chi connectivity index (χ2v) is 4.67. The zero-order chi connectivity index (χ0) is 16.4. The molecule has 0 N–H and O–H groups in total. The Labute approximate surface area is 133 Å². The lowest BCUT2D eigenvalue weighted by molar-refractivity contribution is -0.0979. The molecule has 0 aliphatic heterocycles. The number of ether oxygens (including phenoxy) is 1. The summed E-state index contributed by atoms with van der Waals surface area (Å²) in [7, 11) is 1.77. The third-order valence-corrected chi connectivity index (χ3v) is 3.63. The fraction of sp³-hybridized carbons (Fsp3) is 0.350. The van der Waals surface area contributed by atoms with Gasteiger partial charge in [0.15, 0.2) is 0 Å². The molecule has 0 fully saturated rings. The SMILES string of the molecule is C=O.CC.COCC1C2=C(CC#CC/C=C\2)c2ccccc21. The van der Waals surface area contributed by atoms with Gasteiger partial charge in [-0.15, -0.1) is 0 Å². The summed E-state index contributed by atoms with van der Waals surface area (Å²) in [5.74, 6) is 6.81. The van der Waals surface area contributed by atoms with Crippen molar-refractivity contribution in [2.45, 2.75) is 32.6 Å². The number of rotatable bonds is 2. The van der Waals surface area contributed by atoms with Gasteiger partial charge in [-0.25, -0.2) is 0 Å². The van der Waals surface area contributed by atoms with Gasteiger partial charge in [-0.2, -0.15) is 0 Å². The normalized spacial score (nSPS) is 18.8. The van der Waals surface area contributed by atoms with Crippen LogP contribution in [0.25, 0.3) is 5.57 Å². The summed E-state index contributed by atoms with van der Waals surface area (Å²) in [4.78, 5) is 8.00. The zero-order valence-electron chi connectivity index (χ0n) is 13.7. The molecule has 0 saturated carbocycles. The largest absolute Gasteiger partial charge is 0.384 e. The van der Waals surface area contributed by atoms with Crippen molar-refractivity contribution in [1.82, 2.24) is 0 Å². The van der Waals surface area contributed by atoms with Crippen molar-refractivity contribution in [2.24, 2.45) is 0 Å². The molecule has 2 heteroatoms. The Hall–Kier alpha value is -2.11. The molecule has 2 aliphatic carbocycles. The Morgan fingerprint density at radius 3 is 2.68 bits per heavy atom. The van der Waals surface area contributed by atoms with E-state index in [1.54, 1.807) is 7.11 Å². The highest BCUT2D eigenvalue weighted by molar-refractivity contribution is 5.82. The van der Waals surface area contributed by atoms with Crippen molar-refractivity contribution in [1.29, 1.82) is 0 Å². The average molecular weight is 296 g/mol. The topological polar surface area (TPSA) is 26.3 Å². The van der Waals surface area contributed by atoms with Crippen LogP contribution in [0.4, 0.5) is 0 Å². The highest BCUT2D eigenvalue weighted by Gasteiger charge is 2.29. The van der Waals surface area contributed by atoms with Crippen molar-refractivity contribution >= 4 is 12.4 Å². The van der Waals surface area contributed by atoms with Crippen LogP contribution in [0.3, 0.4) is 0 Å². The van der Waals surface area contributed by atoms with Crippen LogP contribution >= 0.6 is 0 Å². The van der Waals surface area contributed by atoms with Gasteiger partial charge in [0.25, 0.3) is 0 Å². The van der Waals surface area contributed by atoms with Crippen LogP contribution in [0.2, 0.25) is 0 Å². The lowest BCUT2D eigenvalue weighted by atomic mass is 9.95. The molecule has 0 bridgehead atoms. The van der Waals surface area contributed by atoms with Crippen LogP contribution in [0.1, 0.15) is 43.7 Å². The first kappa shape index (κ1) is 17.9. The summed E-state index contributed by atoms with van der Waals surface area (Å²) in [6, 6.07) is 8.63. The minimum atomic E-state index is 0.373. The van der Waals surface area contributed by atoms with E-state index in [9.17, 15) is 0 Å². The number of carbonyl (C=O) groups excluding carboxylic acids is 1. The Bertz CT molecular complexity index is 600. The molecule has 0 spiro atoms. The maximum Gasteiger partial charge on any atom is 0.106 e. The molecule has 2 aliphatic rings. The Kier molecular flexibility index (Phi) is 7.96. The van der Waals surface area contributed by atoms with Crippen molar-refractivity contribution in [3.63, 3.8) is 0 Å². The third kappa shape index (κ3) is 3.75. The standard InChI is InChI=1S/C17H16O.C2H6.CH2O/c1-18-12-17-15-9-5-3-2-4-8-13(15)14-10-6-7-11-16(14)17;2*1-2/h5-7,9-11,17H,3,8,12H2,1H3;1-2H3;1H2/b9-5-;;. The van der Waals surface area contributed by atoms with Gasteiger partial charge in [0.05, 0.1) is 6.61 Å². The molecule has 0 heterocycles. The number of carbonyl (C=O) groups is 1. The zero-order valence-corrected chi connectivity index (χ0v) is 13.7. The van der Waals surface area contributed by atoms with E-state index in [1.165, 1.54) is 22.3 Å². The molecular formula is C20H24O2. The molecule has 0 radical (unpaired) electrons. The molecule has 116 valence electrons. The quantitative estimate of drug-likeness (QED) is 0.757. The maximum atomic E-state index is 8.00. The molecular weight excluding hydrogens is 272 g/mol. The van der Waals surface area contributed by atoms with Gasteiger partial charge in [-0.1, -0.05) is 62.1 Å². The van der Waals surface area contributed by atoms with Crippen LogP contribution in [-0.4, -0.2) is 20.5 Å². The summed E-state index contributed by atoms with van der Waals surface area (Å²) in [5, 5.41) is 0. The lowest BCUT2D eigenvalue weighted by Gasteiger charge is -2.13. The van der Waals surface area contributed by atoms with Crippen LogP contribution in [0.15, 0.2) is 42.0 Å². The second kappa shape index (κ2) is 9.76. The number of hydrogen-bond acceptors (Lipinski definition) is 2. The lowest BCUT2D eigenvalue weighted by Crippen LogP contribution is -2.05. The van der Waals surface area contributed by atoms with Gasteiger partial charge < -0.3 is 9.53 Å². The van der Waals surface area contributed by atoms with E-state index < -0.39 is 0 Å². The van der Waals surface area contributed by atoms with Crippen molar-refractivity contribution < 1.29 is 9.53 Å². The fourth-order valence-electron chi connectivity index (χ4n) is 2.84. The second-order valence-electron chi connectivity index (χ2n) is 4.67. The van der Waals surface area contributed by atoms with E-state index in [2.05, 4.69) is 48.3 Å². The van der Waals surface area contributed by atoms with E-state index >= 15 is 0 Å². The number of fused-ring (bicyclic) bond motifs is 2. The average Bonchev–Trinajstić information content (AvgIpc) is 2.84. The van der Waals surface area contributed by atoms with Crippen LogP contribution in [-0.2, 0) is 9.53 Å². The van der Waals surface area contributed by atoms with E-state index in [1.807, 2.05) is 20.6 Å². The third-order valence-electron chi connectivity index (χ3n) is 3.63. The molecule has 3 rings (SSSR count). The summed E-state index contributed by atoms with van der Waals surface area (Å²) < 4.78 is 5.40. The molecule has 0 amide bonds. The van der Waals surface area contributed by atoms with Gasteiger partial charge in [-0.05, 0) is 22.3 Å². The maximum absolute atomic E-state index is 8.00. The Morgan fingerprint density at radius 1 is 1.23 bits per heavy atom.